The zero-order chi connectivity index (χ0) is 9.90. The summed E-state index contributed by atoms with van der Waals surface area (Å²) in [4.78, 5) is 0. The molecule has 0 spiro atoms. The van der Waals surface area contributed by atoms with E-state index in [4.69, 9.17) is 4.74 Å². The third kappa shape index (κ3) is 2.93. The lowest BCUT2D eigenvalue weighted by Gasteiger charge is -2.18. The van der Waals surface area contributed by atoms with Crippen LogP contribution in [0.15, 0.2) is 0 Å². The highest BCUT2D eigenvalue weighted by atomic mass is 32.2. The van der Waals surface area contributed by atoms with Crippen LogP contribution in [0, 0.1) is 0 Å². The first-order chi connectivity index (χ1) is 6.09. The van der Waals surface area contributed by atoms with Crippen molar-refractivity contribution in [3.63, 3.8) is 0 Å². The van der Waals surface area contributed by atoms with Gasteiger partial charge >= 0.3 is 0 Å². The molecule has 1 saturated carbocycles. The molecule has 0 heterocycles. The molecular weight excluding hydrogens is 190 g/mol. The summed E-state index contributed by atoms with van der Waals surface area (Å²) >= 11 is 0. The SMILES string of the molecule is CCS(=O)(=O)NC1CCCC1OC. The molecule has 0 aliphatic heterocycles. The molecule has 1 fully saturated rings. The Labute approximate surface area is 79.7 Å². The normalized spacial score (nSPS) is 29.4. The van der Waals surface area contributed by atoms with E-state index < -0.39 is 10.0 Å². The highest BCUT2D eigenvalue weighted by Crippen LogP contribution is 2.21. The second-order valence-electron chi connectivity index (χ2n) is 3.33. The molecule has 0 aromatic rings. The van der Waals surface area contributed by atoms with Crippen LogP contribution < -0.4 is 4.72 Å². The summed E-state index contributed by atoms with van der Waals surface area (Å²) in [5.41, 5.74) is 0. The number of sulfonamides is 1. The zero-order valence-electron chi connectivity index (χ0n) is 8.12. The molecule has 13 heavy (non-hydrogen) atoms. The van der Waals surface area contributed by atoms with Crippen molar-refractivity contribution in [1.29, 1.82) is 0 Å². The lowest BCUT2D eigenvalue weighted by Crippen LogP contribution is -2.41. The summed E-state index contributed by atoms with van der Waals surface area (Å²) in [6, 6.07) is -0.0186. The molecule has 0 saturated heterocycles. The van der Waals surface area contributed by atoms with Crippen LogP contribution in [-0.2, 0) is 14.8 Å². The second-order valence-corrected chi connectivity index (χ2v) is 5.38. The van der Waals surface area contributed by atoms with Crippen LogP contribution in [0.4, 0.5) is 0 Å². The van der Waals surface area contributed by atoms with Gasteiger partial charge in [-0.1, -0.05) is 0 Å². The molecule has 78 valence electrons. The Morgan fingerprint density at radius 2 is 2.15 bits per heavy atom. The van der Waals surface area contributed by atoms with Gasteiger partial charge in [0, 0.05) is 13.2 Å². The van der Waals surface area contributed by atoms with E-state index in [2.05, 4.69) is 4.72 Å². The van der Waals surface area contributed by atoms with Gasteiger partial charge in [-0.25, -0.2) is 13.1 Å². The van der Waals surface area contributed by atoms with E-state index in [1.54, 1.807) is 14.0 Å². The summed E-state index contributed by atoms with van der Waals surface area (Å²) in [7, 11) is -1.45. The first-order valence-electron chi connectivity index (χ1n) is 4.62. The third-order valence-corrected chi connectivity index (χ3v) is 3.89. The van der Waals surface area contributed by atoms with E-state index in [0.717, 1.165) is 19.3 Å². The molecule has 1 aliphatic rings. The first kappa shape index (κ1) is 10.9. The van der Waals surface area contributed by atoms with E-state index >= 15 is 0 Å². The number of methoxy groups -OCH3 is 1. The molecular formula is C8H17NO3S. The number of nitrogens with one attached hydrogen (secondary N) is 1. The predicted molar refractivity (Wildman–Crippen MR) is 51.0 cm³/mol. The van der Waals surface area contributed by atoms with Crippen molar-refractivity contribution in [1.82, 2.24) is 4.72 Å². The smallest absolute Gasteiger partial charge is 0.211 e. The monoisotopic (exact) mass is 207 g/mol. The lowest BCUT2D eigenvalue weighted by atomic mass is 10.2. The van der Waals surface area contributed by atoms with Crippen LogP contribution >= 0.6 is 0 Å². The number of hydrogen-bond donors (Lipinski definition) is 1. The van der Waals surface area contributed by atoms with E-state index in [1.807, 2.05) is 0 Å². The summed E-state index contributed by atoms with van der Waals surface area (Å²) in [5.74, 6) is 0.139. The summed E-state index contributed by atoms with van der Waals surface area (Å²) in [6.45, 7) is 1.64. The molecule has 0 aromatic carbocycles. The lowest BCUT2D eigenvalue weighted by molar-refractivity contribution is 0.0916. The topological polar surface area (TPSA) is 55.4 Å². The maximum absolute atomic E-state index is 11.3. The fourth-order valence-electron chi connectivity index (χ4n) is 1.66. The van der Waals surface area contributed by atoms with Gasteiger partial charge in [-0.05, 0) is 26.2 Å². The first-order valence-corrected chi connectivity index (χ1v) is 6.27. The minimum Gasteiger partial charge on any atom is -0.380 e. The van der Waals surface area contributed by atoms with Crippen LogP contribution in [0.2, 0.25) is 0 Å². The molecule has 1 aliphatic carbocycles. The minimum absolute atomic E-state index is 0.0186. The second kappa shape index (κ2) is 4.39. The predicted octanol–water partition coefficient (Wildman–Crippen LogP) is 0.493. The highest BCUT2D eigenvalue weighted by Gasteiger charge is 2.29. The molecule has 0 amide bonds. The third-order valence-electron chi connectivity index (χ3n) is 2.47. The van der Waals surface area contributed by atoms with Crippen LogP contribution in [-0.4, -0.2) is 33.4 Å². The Morgan fingerprint density at radius 1 is 1.46 bits per heavy atom. The Kier molecular flexibility index (Phi) is 3.70. The maximum Gasteiger partial charge on any atom is 0.211 e. The van der Waals surface area contributed by atoms with Crippen LogP contribution in [0.5, 0.6) is 0 Å². The maximum atomic E-state index is 11.3. The fourth-order valence-corrected chi connectivity index (χ4v) is 2.55. The van der Waals surface area contributed by atoms with Gasteiger partial charge in [-0.2, -0.15) is 0 Å². The molecule has 0 bridgehead atoms. The largest absolute Gasteiger partial charge is 0.380 e. The molecule has 4 nitrogen and oxygen atoms in total. The van der Waals surface area contributed by atoms with Crippen molar-refractivity contribution in [2.45, 2.75) is 38.3 Å². The average molecular weight is 207 g/mol. The van der Waals surface area contributed by atoms with Gasteiger partial charge in [0.1, 0.15) is 0 Å². The van der Waals surface area contributed by atoms with Crippen molar-refractivity contribution >= 4 is 10.0 Å². The average Bonchev–Trinajstić information content (AvgIpc) is 2.51. The van der Waals surface area contributed by atoms with E-state index in [-0.39, 0.29) is 17.9 Å². The summed E-state index contributed by atoms with van der Waals surface area (Å²) in [6.07, 6.45) is 2.93. The van der Waals surface area contributed by atoms with Gasteiger partial charge in [-0.3, -0.25) is 0 Å². The fraction of sp³-hybridized carbons (Fsp3) is 1.00. The van der Waals surface area contributed by atoms with Crippen LogP contribution in [0.25, 0.3) is 0 Å². The van der Waals surface area contributed by atoms with Crippen LogP contribution in [0.3, 0.4) is 0 Å². The quantitative estimate of drug-likeness (QED) is 0.730. The van der Waals surface area contributed by atoms with E-state index in [9.17, 15) is 8.42 Å². The molecule has 0 radical (unpaired) electrons. The Balaban J connectivity index is 2.53. The number of rotatable bonds is 4. The van der Waals surface area contributed by atoms with Crippen molar-refractivity contribution < 1.29 is 13.2 Å². The molecule has 5 heteroatoms. The van der Waals surface area contributed by atoms with Gasteiger partial charge in [0.15, 0.2) is 0 Å². The molecule has 1 N–H and O–H groups in total. The molecule has 2 unspecified atom stereocenters. The zero-order valence-corrected chi connectivity index (χ0v) is 8.93. The van der Waals surface area contributed by atoms with Gasteiger partial charge in [0.05, 0.1) is 11.9 Å². The van der Waals surface area contributed by atoms with Crippen LogP contribution in [0.1, 0.15) is 26.2 Å². The number of hydrogen-bond acceptors (Lipinski definition) is 3. The summed E-state index contributed by atoms with van der Waals surface area (Å²) in [5, 5.41) is 0. The van der Waals surface area contributed by atoms with Gasteiger partial charge in [-0.15, -0.1) is 0 Å². The van der Waals surface area contributed by atoms with Crippen molar-refractivity contribution in [2.24, 2.45) is 0 Å². The van der Waals surface area contributed by atoms with Crippen molar-refractivity contribution in [2.75, 3.05) is 12.9 Å². The van der Waals surface area contributed by atoms with Gasteiger partial charge in [0.2, 0.25) is 10.0 Å². The number of ether oxygens (including phenoxy) is 1. The highest BCUT2D eigenvalue weighted by molar-refractivity contribution is 7.89. The van der Waals surface area contributed by atoms with E-state index in [0.29, 0.717) is 0 Å². The Hall–Kier alpha value is -0.130. The molecule has 0 aromatic heterocycles. The van der Waals surface area contributed by atoms with Crippen molar-refractivity contribution in [3.8, 4) is 0 Å². The Bertz CT molecular complexity index is 250. The molecule has 1 rings (SSSR count). The standard InChI is InChI=1S/C8H17NO3S/c1-3-13(10,11)9-7-5-4-6-8(7)12-2/h7-9H,3-6H2,1-2H3. The van der Waals surface area contributed by atoms with Crippen molar-refractivity contribution in [3.05, 3.63) is 0 Å². The molecule has 2 atom stereocenters. The van der Waals surface area contributed by atoms with Gasteiger partial charge in [0.25, 0.3) is 0 Å². The minimum atomic E-state index is -3.08. The van der Waals surface area contributed by atoms with Gasteiger partial charge < -0.3 is 4.74 Å². The Morgan fingerprint density at radius 3 is 2.69 bits per heavy atom. The van der Waals surface area contributed by atoms with E-state index in [1.165, 1.54) is 0 Å². The summed E-state index contributed by atoms with van der Waals surface area (Å²) < 4.78 is 30.3.